The van der Waals surface area contributed by atoms with Crippen LogP contribution in [0.4, 0.5) is 8.78 Å². The fourth-order valence-electron chi connectivity index (χ4n) is 3.45. The lowest BCUT2D eigenvalue weighted by molar-refractivity contribution is 0.0766. The maximum Gasteiger partial charge on any atom is 0.266 e. The lowest BCUT2D eigenvalue weighted by atomic mass is 10.0. The van der Waals surface area contributed by atoms with Crippen LogP contribution in [0.1, 0.15) is 20.9 Å². The van der Waals surface area contributed by atoms with Crippen molar-refractivity contribution in [3.63, 3.8) is 0 Å². The van der Waals surface area contributed by atoms with Crippen molar-refractivity contribution in [2.45, 2.75) is 13.1 Å². The van der Waals surface area contributed by atoms with Crippen molar-refractivity contribution < 1.29 is 13.6 Å². The van der Waals surface area contributed by atoms with Gasteiger partial charge in [-0.1, -0.05) is 12.1 Å². The zero-order valence-corrected chi connectivity index (χ0v) is 15.3. The largest absolute Gasteiger partial charge is 0.327 e. The number of fused-ring (bicyclic) bond motifs is 2. The van der Waals surface area contributed by atoms with E-state index in [2.05, 4.69) is 9.97 Å². The van der Waals surface area contributed by atoms with E-state index in [1.807, 2.05) is 24.3 Å². The molecule has 2 aromatic heterocycles. The van der Waals surface area contributed by atoms with E-state index in [-0.39, 0.29) is 24.6 Å². The van der Waals surface area contributed by atoms with Crippen LogP contribution in [0.15, 0.2) is 54.2 Å². The minimum Gasteiger partial charge on any atom is -0.327 e. The molecule has 4 aromatic rings. The Morgan fingerprint density at radius 2 is 1.86 bits per heavy atom. The number of benzene rings is 2. The van der Waals surface area contributed by atoms with Gasteiger partial charge in [0.2, 0.25) is 0 Å². The molecular weight excluding hydrogens is 380 g/mol. The molecular formula is C21H13F2N3OS. The van der Waals surface area contributed by atoms with Crippen molar-refractivity contribution in [2.75, 3.05) is 0 Å². The van der Waals surface area contributed by atoms with Crippen molar-refractivity contribution in [1.29, 1.82) is 0 Å². The quantitative estimate of drug-likeness (QED) is 0.503. The van der Waals surface area contributed by atoms with Gasteiger partial charge in [-0.05, 0) is 41.5 Å². The Balaban J connectivity index is 1.47. The molecule has 0 saturated carbocycles. The molecule has 0 bridgehead atoms. The van der Waals surface area contributed by atoms with E-state index in [4.69, 9.17) is 0 Å². The number of aromatic nitrogens is 2. The van der Waals surface area contributed by atoms with Crippen LogP contribution in [0.3, 0.4) is 0 Å². The molecule has 0 aliphatic carbocycles. The van der Waals surface area contributed by atoms with Gasteiger partial charge in [-0.3, -0.25) is 9.78 Å². The van der Waals surface area contributed by atoms with Gasteiger partial charge in [-0.2, -0.15) is 0 Å². The molecule has 7 heteroatoms. The number of amides is 1. The summed E-state index contributed by atoms with van der Waals surface area (Å²) in [4.78, 5) is 22.7. The minimum atomic E-state index is -0.669. The molecule has 1 aliphatic heterocycles. The highest BCUT2D eigenvalue weighted by atomic mass is 32.1. The van der Waals surface area contributed by atoms with Gasteiger partial charge in [-0.25, -0.2) is 13.8 Å². The third-order valence-corrected chi connectivity index (χ3v) is 5.75. The van der Waals surface area contributed by atoms with Gasteiger partial charge < -0.3 is 4.90 Å². The Morgan fingerprint density at radius 3 is 2.64 bits per heavy atom. The number of nitrogens with zero attached hydrogens (tertiary/aromatic N) is 3. The SMILES string of the molecule is O=C1c2scnc2CN1Cc1c(F)cc(-c2ccc3ncccc3c2)cc1F. The second-order valence-electron chi connectivity index (χ2n) is 6.62. The Kier molecular flexibility index (Phi) is 3.91. The maximum atomic E-state index is 14.7. The number of carbonyl (C=O) groups excluding carboxylic acids is 1. The van der Waals surface area contributed by atoms with E-state index in [9.17, 15) is 13.6 Å². The molecule has 0 saturated heterocycles. The predicted molar refractivity (Wildman–Crippen MR) is 103 cm³/mol. The third-order valence-electron chi connectivity index (χ3n) is 4.89. The van der Waals surface area contributed by atoms with Crippen molar-refractivity contribution in [1.82, 2.24) is 14.9 Å². The smallest absolute Gasteiger partial charge is 0.266 e. The fourth-order valence-corrected chi connectivity index (χ4v) is 4.22. The molecule has 4 nitrogen and oxygen atoms in total. The first-order valence-electron chi connectivity index (χ1n) is 8.65. The monoisotopic (exact) mass is 393 g/mol. The maximum absolute atomic E-state index is 14.7. The van der Waals surface area contributed by atoms with E-state index in [0.29, 0.717) is 21.7 Å². The summed E-state index contributed by atoms with van der Waals surface area (Å²) in [6.45, 7) is 0.150. The van der Waals surface area contributed by atoms with E-state index in [0.717, 1.165) is 10.9 Å². The predicted octanol–water partition coefficient (Wildman–Crippen LogP) is 4.79. The van der Waals surface area contributed by atoms with Crippen molar-refractivity contribution in [3.05, 3.63) is 81.9 Å². The van der Waals surface area contributed by atoms with Crippen LogP contribution >= 0.6 is 11.3 Å². The van der Waals surface area contributed by atoms with Crippen molar-refractivity contribution in [2.24, 2.45) is 0 Å². The summed E-state index contributed by atoms with van der Waals surface area (Å²) in [6, 6.07) is 11.8. The average Bonchev–Trinajstić information content (AvgIpc) is 3.27. The summed E-state index contributed by atoms with van der Waals surface area (Å²) in [7, 11) is 0. The van der Waals surface area contributed by atoms with Crippen LogP contribution in [0.2, 0.25) is 0 Å². The van der Waals surface area contributed by atoms with Crippen LogP contribution < -0.4 is 0 Å². The van der Waals surface area contributed by atoms with Crippen LogP contribution in [0.25, 0.3) is 22.0 Å². The zero-order chi connectivity index (χ0) is 19.3. The van der Waals surface area contributed by atoms with Crippen LogP contribution in [0.5, 0.6) is 0 Å². The molecule has 138 valence electrons. The second kappa shape index (κ2) is 6.45. The number of thiazole rings is 1. The number of halogens is 2. The molecule has 0 radical (unpaired) electrons. The molecule has 28 heavy (non-hydrogen) atoms. The highest BCUT2D eigenvalue weighted by Gasteiger charge is 2.31. The molecule has 1 amide bonds. The second-order valence-corrected chi connectivity index (χ2v) is 7.47. The fraction of sp³-hybridized carbons (Fsp3) is 0.0952. The number of hydrogen-bond donors (Lipinski definition) is 0. The Hall–Kier alpha value is -3.19. The molecule has 3 heterocycles. The van der Waals surface area contributed by atoms with Crippen LogP contribution in [0, 0.1) is 11.6 Å². The highest BCUT2D eigenvalue weighted by Crippen LogP contribution is 2.30. The molecule has 0 fully saturated rings. The van der Waals surface area contributed by atoms with Crippen molar-refractivity contribution >= 4 is 28.1 Å². The molecule has 1 aliphatic rings. The Morgan fingerprint density at radius 1 is 1.04 bits per heavy atom. The summed E-state index contributed by atoms with van der Waals surface area (Å²) in [5, 5.41) is 0.895. The molecule has 5 rings (SSSR count). The number of carbonyl (C=O) groups is 1. The van der Waals surface area contributed by atoms with Gasteiger partial charge in [0.25, 0.3) is 5.91 Å². The summed E-state index contributed by atoms with van der Waals surface area (Å²) in [5.41, 5.74) is 4.12. The molecule has 2 aromatic carbocycles. The molecule has 0 spiro atoms. The number of hydrogen-bond acceptors (Lipinski definition) is 4. The van der Waals surface area contributed by atoms with Gasteiger partial charge in [0.1, 0.15) is 16.5 Å². The molecule has 0 atom stereocenters. The summed E-state index contributed by atoms with van der Waals surface area (Å²) in [5.74, 6) is -1.57. The van der Waals surface area contributed by atoms with E-state index in [1.54, 1.807) is 17.8 Å². The first kappa shape index (κ1) is 16.9. The Bertz CT molecular complexity index is 1210. The normalized spacial score (nSPS) is 13.4. The van der Waals surface area contributed by atoms with Crippen molar-refractivity contribution in [3.8, 4) is 11.1 Å². The van der Waals surface area contributed by atoms with Gasteiger partial charge in [0, 0.05) is 17.1 Å². The summed E-state index contributed by atoms with van der Waals surface area (Å²) >= 11 is 1.25. The Labute approximate surface area is 163 Å². The van der Waals surface area contributed by atoms with Crippen LogP contribution in [-0.2, 0) is 13.1 Å². The van der Waals surface area contributed by atoms with Crippen LogP contribution in [-0.4, -0.2) is 20.8 Å². The zero-order valence-electron chi connectivity index (χ0n) is 14.5. The van der Waals surface area contributed by atoms with Gasteiger partial charge >= 0.3 is 0 Å². The first-order chi connectivity index (χ1) is 13.6. The van der Waals surface area contributed by atoms with Gasteiger partial charge in [-0.15, -0.1) is 11.3 Å². The standard InChI is InChI=1S/C21H13F2N3OS/c22-16-7-14(12-3-4-18-13(6-12)2-1-5-24-18)8-17(23)15(16)9-26-10-19-20(21(26)27)28-11-25-19/h1-8,11H,9-10H2. The van der Waals surface area contributed by atoms with E-state index < -0.39 is 11.6 Å². The highest BCUT2D eigenvalue weighted by molar-refractivity contribution is 7.12. The molecule has 0 N–H and O–H groups in total. The van der Waals surface area contributed by atoms with Gasteiger partial charge in [0.05, 0.1) is 29.8 Å². The van der Waals surface area contributed by atoms with E-state index in [1.165, 1.54) is 28.4 Å². The first-order valence-corrected chi connectivity index (χ1v) is 9.53. The third kappa shape index (κ3) is 2.75. The lowest BCUT2D eigenvalue weighted by Crippen LogP contribution is -2.24. The topological polar surface area (TPSA) is 46.1 Å². The summed E-state index contributed by atoms with van der Waals surface area (Å²) < 4.78 is 29.5. The van der Waals surface area contributed by atoms with Gasteiger partial charge in [0.15, 0.2) is 0 Å². The minimum absolute atomic E-state index is 0.116. The molecule has 0 unspecified atom stereocenters. The summed E-state index contributed by atoms with van der Waals surface area (Å²) in [6.07, 6.45) is 1.70. The average molecular weight is 393 g/mol. The number of pyridine rings is 1. The van der Waals surface area contributed by atoms with E-state index >= 15 is 0 Å². The lowest BCUT2D eigenvalue weighted by Gasteiger charge is -2.17. The number of rotatable bonds is 3.